The quantitative estimate of drug-likeness (QED) is 0.809. The Hall–Kier alpha value is -1.26. The molecule has 1 aliphatic rings. The number of amides is 2. The molecule has 5 heteroatoms. The standard InChI is InChI=1S/C13H24N2O3/c1-4-15(9-11(16)17)12(18)14-10-5-7-13(2,3)8-6-10/h10H,4-9H2,1-3H3,(H,14,18)(H,16,17). The molecule has 0 saturated heterocycles. The second-order valence-corrected chi connectivity index (χ2v) is 5.80. The van der Waals surface area contributed by atoms with Crippen LogP contribution in [0.3, 0.4) is 0 Å². The number of carbonyl (C=O) groups excluding carboxylic acids is 1. The highest BCUT2D eigenvalue weighted by Crippen LogP contribution is 2.34. The molecule has 0 atom stereocenters. The van der Waals surface area contributed by atoms with Gasteiger partial charge < -0.3 is 15.3 Å². The normalized spacial score (nSPS) is 19.3. The molecule has 0 bridgehead atoms. The minimum Gasteiger partial charge on any atom is -0.480 e. The molecule has 0 aromatic carbocycles. The molecule has 1 saturated carbocycles. The van der Waals surface area contributed by atoms with Crippen LogP contribution in [0.4, 0.5) is 4.79 Å². The molecule has 0 radical (unpaired) electrons. The van der Waals surface area contributed by atoms with Crippen molar-refractivity contribution in [3.63, 3.8) is 0 Å². The van der Waals surface area contributed by atoms with E-state index >= 15 is 0 Å². The van der Waals surface area contributed by atoms with Crippen molar-refractivity contribution in [2.45, 2.75) is 52.5 Å². The zero-order chi connectivity index (χ0) is 13.8. The van der Waals surface area contributed by atoms with Crippen LogP contribution >= 0.6 is 0 Å². The summed E-state index contributed by atoms with van der Waals surface area (Å²) >= 11 is 0. The van der Waals surface area contributed by atoms with E-state index in [4.69, 9.17) is 5.11 Å². The van der Waals surface area contributed by atoms with Crippen LogP contribution in [0.1, 0.15) is 46.5 Å². The van der Waals surface area contributed by atoms with Crippen molar-refractivity contribution in [3.8, 4) is 0 Å². The minimum atomic E-state index is -0.975. The second kappa shape index (κ2) is 6.07. The van der Waals surface area contributed by atoms with Gasteiger partial charge in [-0.1, -0.05) is 13.8 Å². The summed E-state index contributed by atoms with van der Waals surface area (Å²) in [7, 11) is 0. The summed E-state index contributed by atoms with van der Waals surface area (Å²) in [6, 6.07) is -0.0713. The van der Waals surface area contributed by atoms with Gasteiger partial charge in [-0.25, -0.2) is 4.79 Å². The Morgan fingerprint density at radius 2 is 1.89 bits per heavy atom. The lowest BCUT2D eigenvalue weighted by Crippen LogP contribution is -2.48. The van der Waals surface area contributed by atoms with Crippen molar-refractivity contribution < 1.29 is 14.7 Å². The van der Waals surface area contributed by atoms with Crippen LogP contribution in [-0.4, -0.2) is 41.1 Å². The Morgan fingerprint density at radius 1 is 1.33 bits per heavy atom. The summed E-state index contributed by atoms with van der Waals surface area (Å²) in [5, 5.41) is 11.7. The fourth-order valence-corrected chi connectivity index (χ4v) is 2.30. The van der Waals surface area contributed by atoms with Gasteiger partial charge in [0.25, 0.3) is 0 Å². The van der Waals surface area contributed by atoms with E-state index in [0.29, 0.717) is 12.0 Å². The van der Waals surface area contributed by atoms with E-state index in [0.717, 1.165) is 25.7 Å². The van der Waals surface area contributed by atoms with Crippen LogP contribution in [-0.2, 0) is 4.79 Å². The summed E-state index contributed by atoms with van der Waals surface area (Å²) < 4.78 is 0. The second-order valence-electron chi connectivity index (χ2n) is 5.80. The topological polar surface area (TPSA) is 69.6 Å². The molecule has 0 unspecified atom stereocenters. The van der Waals surface area contributed by atoms with Crippen molar-refractivity contribution in [2.75, 3.05) is 13.1 Å². The molecule has 0 spiro atoms. The highest BCUT2D eigenvalue weighted by atomic mass is 16.4. The number of carbonyl (C=O) groups is 2. The molecular weight excluding hydrogens is 232 g/mol. The molecule has 0 heterocycles. The molecule has 104 valence electrons. The Morgan fingerprint density at radius 3 is 2.33 bits per heavy atom. The molecule has 5 nitrogen and oxygen atoms in total. The zero-order valence-electron chi connectivity index (χ0n) is 11.5. The number of aliphatic carboxylic acids is 1. The van der Waals surface area contributed by atoms with E-state index in [1.807, 2.05) is 0 Å². The Kier molecular flexibility index (Phi) is 4.99. The van der Waals surface area contributed by atoms with E-state index in [1.165, 1.54) is 4.90 Å². The monoisotopic (exact) mass is 256 g/mol. The van der Waals surface area contributed by atoms with Gasteiger partial charge >= 0.3 is 12.0 Å². The molecule has 18 heavy (non-hydrogen) atoms. The molecular formula is C13H24N2O3. The minimum absolute atomic E-state index is 0.188. The van der Waals surface area contributed by atoms with Crippen LogP contribution in [0, 0.1) is 5.41 Å². The van der Waals surface area contributed by atoms with Crippen LogP contribution in [0.15, 0.2) is 0 Å². The summed E-state index contributed by atoms with van der Waals surface area (Å²) in [6.45, 7) is 6.45. The van der Waals surface area contributed by atoms with Gasteiger partial charge in [-0.05, 0) is 38.0 Å². The van der Waals surface area contributed by atoms with Crippen molar-refractivity contribution in [1.82, 2.24) is 10.2 Å². The van der Waals surface area contributed by atoms with Gasteiger partial charge in [0.05, 0.1) is 0 Å². The van der Waals surface area contributed by atoms with Crippen molar-refractivity contribution in [2.24, 2.45) is 5.41 Å². The van der Waals surface area contributed by atoms with Gasteiger partial charge in [-0.2, -0.15) is 0 Å². The number of likely N-dealkylation sites (N-methyl/N-ethyl adjacent to an activating group) is 1. The van der Waals surface area contributed by atoms with Crippen LogP contribution in [0.5, 0.6) is 0 Å². The molecule has 2 amide bonds. The van der Waals surface area contributed by atoms with Crippen molar-refractivity contribution in [3.05, 3.63) is 0 Å². The fourth-order valence-electron chi connectivity index (χ4n) is 2.30. The van der Waals surface area contributed by atoms with E-state index in [2.05, 4.69) is 19.2 Å². The molecule has 2 N–H and O–H groups in total. The van der Waals surface area contributed by atoms with E-state index in [1.54, 1.807) is 6.92 Å². The first-order chi connectivity index (χ1) is 8.34. The molecule has 0 aliphatic heterocycles. The number of nitrogens with one attached hydrogen (secondary N) is 1. The highest BCUT2D eigenvalue weighted by Gasteiger charge is 2.28. The number of carboxylic acid groups (broad SMARTS) is 1. The summed E-state index contributed by atoms with van der Waals surface area (Å²) in [5.74, 6) is -0.975. The molecule has 1 rings (SSSR count). The maximum Gasteiger partial charge on any atom is 0.323 e. The predicted molar refractivity (Wildman–Crippen MR) is 69.5 cm³/mol. The van der Waals surface area contributed by atoms with Gasteiger partial charge in [0.1, 0.15) is 6.54 Å². The first-order valence-electron chi connectivity index (χ1n) is 6.61. The SMILES string of the molecule is CCN(CC(=O)O)C(=O)NC1CCC(C)(C)CC1. The third kappa shape index (κ3) is 4.55. The Balaban J connectivity index is 2.42. The van der Waals surface area contributed by atoms with E-state index < -0.39 is 5.97 Å². The number of hydrogen-bond acceptors (Lipinski definition) is 2. The largest absolute Gasteiger partial charge is 0.480 e. The Bertz CT molecular complexity index is 305. The molecule has 0 aromatic heterocycles. The molecule has 1 aliphatic carbocycles. The average Bonchev–Trinajstić information content (AvgIpc) is 2.28. The van der Waals surface area contributed by atoms with Crippen LogP contribution in [0.2, 0.25) is 0 Å². The maximum absolute atomic E-state index is 11.9. The highest BCUT2D eigenvalue weighted by molar-refractivity contribution is 5.80. The van der Waals surface area contributed by atoms with Crippen molar-refractivity contribution >= 4 is 12.0 Å². The Labute approximate surface area is 109 Å². The average molecular weight is 256 g/mol. The summed E-state index contributed by atoms with van der Waals surface area (Å²) in [5.41, 5.74) is 0.368. The molecule has 0 aromatic rings. The van der Waals surface area contributed by atoms with Gasteiger partial charge in [0, 0.05) is 12.6 Å². The number of rotatable bonds is 4. The van der Waals surface area contributed by atoms with E-state index in [-0.39, 0.29) is 18.6 Å². The third-order valence-electron chi connectivity index (χ3n) is 3.66. The lowest BCUT2D eigenvalue weighted by Gasteiger charge is -2.35. The summed E-state index contributed by atoms with van der Waals surface area (Å²) in [4.78, 5) is 23.8. The van der Waals surface area contributed by atoms with Gasteiger partial charge in [-0.3, -0.25) is 4.79 Å². The number of urea groups is 1. The first-order valence-corrected chi connectivity index (χ1v) is 6.61. The van der Waals surface area contributed by atoms with Crippen LogP contribution < -0.4 is 5.32 Å². The lowest BCUT2D eigenvalue weighted by molar-refractivity contribution is -0.137. The van der Waals surface area contributed by atoms with Crippen LogP contribution in [0.25, 0.3) is 0 Å². The number of hydrogen-bond donors (Lipinski definition) is 2. The smallest absolute Gasteiger partial charge is 0.323 e. The van der Waals surface area contributed by atoms with Gasteiger partial charge in [0.15, 0.2) is 0 Å². The lowest BCUT2D eigenvalue weighted by atomic mass is 9.75. The predicted octanol–water partition coefficient (Wildman–Crippen LogP) is 2.07. The maximum atomic E-state index is 11.9. The number of nitrogens with zero attached hydrogens (tertiary/aromatic N) is 1. The van der Waals surface area contributed by atoms with Crippen molar-refractivity contribution in [1.29, 1.82) is 0 Å². The van der Waals surface area contributed by atoms with E-state index in [9.17, 15) is 9.59 Å². The number of carboxylic acids is 1. The van der Waals surface area contributed by atoms with Gasteiger partial charge in [-0.15, -0.1) is 0 Å². The fraction of sp³-hybridized carbons (Fsp3) is 0.846. The summed E-state index contributed by atoms with van der Waals surface area (Å²) in [6.07, 6.45) is 4.15. The zero-order valence-corrected chi connectivity index (χ0v) is 11.5. The van der Waals surface area contributed by atoms with Gasteiger partial charge in [0.2, 0.25) is 0 Å². The molecule has 1 fully saturated rings. The third-order valence-corrected chi connectivity index (χ3v) is 3.66. The first kappa shape index (κ1) is 14.8.